The molecule has 0 radical (unpaired) electrons. The number of aryl methyl sites for hydroxylation is 1. The smallest absolute Gasteiger partial charge is 0.321 e. The Hall–Kier alpha value is -3.61. The summed E-state index contributed by atoms with van der Waals surface area (Å²) in [5.74, 6) is 1.23. The first-order valence-electron chi connectivity index (χ1n) is 11.4. The zero-order valence-electron chi connectivity index (χ0n) is 19.4. The molecule has 0 aliphatic carbocycles. The standard InChI is InChI=1S/C28H27ClN2O4/c1-19-25(31-27(35-19)22-5-3-2-4-6-22)15-16-34-24-13-9-20(10-14-24)17-26(28(32)33)30-18-21-7-11-23(29)12-8-21/h2-14,26,30H,15-18H2,1H3,(H,32,33)/t26-/m0/s1. The first-order chi connectivity index (χ1) is 17.0. The van der Waals surface area contributed by atoms with Crippen molar-refractivity contribution in [3.63, 3.8) is 0 Å². The normalized spacial score (nSPS) is 11.8. The van der Waals surface area contributed by atoms with Crippen molar-refractivity contribution in [2.45, 2.75) is 32.4 Å². The van der Waals surface area contributed by atoms with E-state index in [1.807, 2.05) is 73.7 Å². The van der Waals surface area contributed by atoms with E-state index >= 15 is 0 Å². The molecular weight excluding hydrogens is 464 g/mol. The van der Waals surface area contributed by atoms with Gasteiger partial charge < -0.3 is 19.6 Å². The number of halogens is 1. The maximum Gasteiger partial charge on any atom is 0.321 e. The molecule has 1 aromatic heterocycles. The molecule has 1 heterocycles. The number of hydrogen-bond acceptors (Lipinski definition) is 5. The van der Waals surface area contributed by atoms with E-state index < -0.39 is 12.0 Å². The van der Waals surface area contributed by atoms with E-state index in [1.165, 1.54) is 0 Å². The van der Waals surface area contributed by atoms with Crippen LogP contribution in [0.4, 0.5) is 0 Å². The highest BCUT2D eigenvalue weighted by Gasteiger charge is 2.17. The molecule has 0 amide bonds. The van der Waals surface area contributed by atoms with E-state index in [4.69, 9.17) is 20.8 Å². The van der Waals surface area contributed by atoms with Gasteiger partial charge in [-0.1, -0.05) is 54.1 Å². The van der Waals surface area contributed by atoms with E-state index in [9.17, 15) is 9.90 Å². The summed E-state index contributed by atoms with van der Waals surface area (Å²) in [6.45, 7) is 2.81. The second kappa shape index (κ2) is 11.7. The van der Waals surface area contributed by atoms with Crippen molar-refractivity contribution < 1.29 is 19.1 Å². The number of benzene rings is 3. The Morgan fingerprint density at radius 1 is 1.03 bits per heavy atom. The van der Waals surface area contributed by atoms with Gasteiger partial charge in [0.2, 0.25) is 5.89 Å². The maximum atomic E-state index is 11.7. The fourth-order valence-electron chi connectivity index (χ4n) is 3.68. The molecule has 180 valence electrons. The molecule has 0 fully saturated rings. The van der Waals surface area contributed by atoms with Crippen LogP contribution in [0, 0.1) is 6.92 Å². The minimum atomic E-state index is -0.892. The molecule has 3 aromatic carbocycles. The first-order valence-corrected chi connectivity index (χ1v) is 11.8. The van der Waals surface area contributed by atoms with Crippen molar-refractivity contribution in [1.29, 1.82) is 0 Å². The van der Waals surface area contributed by atoms with Crippen LogP contribution in [0.2, 0.25) is 5.02 Å². The highest BCUT2D eigenvalue weighted by atomic mass is 35.5. The van der Waals surface area contributed by atoms with Gasteiger partial charge in [-0.2, -0.15) is 0 Å². The number of carbonyl (C=O) groups is 1. The Labute approximate surface area is 209 Å². The van der Waals surface area contributed by atoms with Gasteiger partial charge in [-0.05, 0) is 60.9 Å². The van der Waals surface area contributed by atoms with Crippen molar-refractivity contribution in [2.75, 3.05) is 6.61 Å². The number of ether oxygens (including phenoxy) is 1. The van der Waals surface area contributed by atoms with Gasteiger partial charge in [0.25, 0.3) is 0 Å². The molecular formula is C28H27ClN2O4. The molecule has 35 heavy (non-hydrogen) atoms. The predicted molar refractivity (Wildman–Crippen MR) is 136 cm³/mol. The van der Waals surface area contributed by atoms with E-state index in [2.05, 4.69) is 10.3 Å². The topological polar surface area (TPSA) is 84.6 Å². The number of rotatable bonds is 11. The number of nitrogens with zero attached hydrogens (tertiary/aromatic N) is 1. The van der Waals surface area contributed by atoms with Crippen LogP contribution in [0.25, 0.3) is 11.5 Å². The lowest BCUT2D eigenvalue weighted by atomic mass is 10.1. The van der Waals surface area contributed by atoms with Crippen molar-refractivity contribution in [1.82, 2.24) is 10.3 Å². The summed E-state index contributed by atoms with van der Waals surface area (Å²) >= 11 is 5.91. The average molecular weight is 491 g/mol. The van der Waals surface area contributed by atoms with Crippen molar-refractivity contribution >= 4 is 17.6 Å². The molecule has 0 spiro atoms. The minimum absolute atomic E-state index is 0.365. The second-order valence-electron chi connectivity index (χ2n) is 8.23. The molecule has 7 heteroatoms. The van der Waals surface area contributed by atoms with Crippen molar-refractivity contribution in [2.24, 2.45) is 0 Å². The van der Waals surface area contributed by atoms with Gasteiger partial charge in [0, 0.05) is 23.6 Å². The Kier molecular flexibility index (Phi) is 8.19. The Morgan fingerprint density at radius 2 is 1.71 bits per heavy atom. The van der Waals surface area contributed by atoms with Crippen LogP contribution >= 0.6 is 11.6 Å². The highest BCUT2D eigenvalue weighted by Crippen LogP contribution is 2.22. The third-order valence-corrected chi connectivity index (χ3v) is 5.90. The lowest BCUT2D eigenvalue weighted by molar-refractivity contribution is -0.139. The molecule has 0 bridgehead atoms. The highest BCUT2D eigenvalue weighted by molar-refractivity contribution is 6.30. The zero-order valence-corrected chi connectivity index (χ0v) is 20.2. The van der Waals surface area contributed by atoms with Crippen molar-refractivity contribution in [3.8, 4) is 17.2 Å². The number of aliphatic carboxylic acids is 1. The molecule has 2 N–H and O–H groups in total. The van der Waals surface area contributed by atoms with Gasteiger partial charge in [-0.3, -0.25) is 4.79 Å². The third-order valence-electron chi connectivity index (χ3n) is 5.65. The summed E-state index contributed by atoms with van der Waals surface area (Å²) in [6.07, 6.45) is 0.989. The minimum Gasteiger partial charge on any atom is -0.493 e. The number of hydrogen-bond donors (Lipinski definition) is 2. The largest absolute Gasteiger partial charge is 0.493 e. The van der Waals surface area contributed by atoms with E-state index in [0.29, 0.717) is 36.9 Å². The summed E-state index contributed by atoms with van der Waals surface area (Å²) in [5.41, 5.74) is 3.70. The summed E-state index contributed by atoms with van der Waals surface area (Å²) < 4.78 is 11.7. The van der Waals surface area contributed by atoms with Crippen LogP contribution in [0.1, 0.15) is 22.6 Å². The van der Waals surface area contributed by atoms with Gasteiger partial charge in [0.15, 0.2) is 0 Å². The fourth-order valence-corrected chi connectivity index (χ4v) is 3.80. The molecule has 1 atom stereocenters. The molecule has 0 saturated carbocycles. The van der Waals surface area contributed by atoms with Gasteiger partial charge in [-0.15, -0.1) is 0 Å². The molecule has 6 nitrogen and oxygen atoms in total. The molecule has 0 aliphatic heterocycles. The molecule has 0 aliphatic rings. The van der Waals surface area contributed by atoms with Crippen LogP contribution in [0.5, 0.6) is 5.75 Å². The van der Waals surface area contributed by atoms with Gasteiger partial charge in [-0.25, -0.2) is 4.98 Å². The zero-order chi connectivity index (χ0) is 24.6. The number of nitrogens with one attached hydrogen (secondary N) is 1. The number of carboxylic acid groups (broad SMARTS) is 1. The van der Waals surface area contributed by atoms with Gasteiger partial charge in [0.1, 0.15) is 17.6 Å². The summed E-state index contributed by atoms with van der Waals surface area (Å²) in [7, 11) is 0. The lowest BCUT2D eigenvalue weighted by Crippen LogP contribution is -2.38. The predicted octanol–water partition coefficient (Wildman–Crippen LogP) is 5.71. The first kappa shape index (κ1) is 24.5. The Balaban J connectivity index is 1.28. The van der Waals surface area contributed by atoms with Crippen LogP contribution < -0.4 is 10.1 Å². The third kappa shape index (κ3) is 6.94. The van der Waals surface area contributed by atoms with Crippen LogP contribution in [0.3, 0.4) is 0 Å². The fraction of sp³-hybridized carbons (Fsp3) is 0.214. The Morgan fingerprint density at radius 3 is 2.40 bits per heavy atom. The summed E-state index contributed by atoms with van der Waals surface area (Å²) in [5, 5.41) is 13.4. The SMILES string of the molecule is Cc1oc(-c2ccccc2)nc1CCOc1ccc(C[C@H](NCc2ccc(Cl)cc2)C(=O)O)cc1. The quantitative estimate of drug-likeness (QED) is 0.280. The van der Waals surface area contributed by atoms with Crippen LogP contribution in [-0.4, -0.2) is 28.7 Å². The van der Waals surface area contributed by atoms with Crippen LogP contribution in [-0.2, 0) is 24.2 Å². The molecule has 4 aromatic rings. The number of aromatic nitrogens is 1. The molecule has 4 rings (SSSR count). The van der Waals surface area contributed by atoms with Gasteiger partial charge in [0.05, 0.1) is 12.3 Å². The summed E-state index contributed by atoms with van der Waals surface area (Å²) in [6, 6.07) is 23.9. The molecule has 0 unspecified atom stereocenters. The van der Waals surface area contributed by atoms with E-state index in [0.717, 1.165) is 33.9 Å². The lowest BCUT2D eigenvalue weighted by Gasteiger charge is -2.15. The van der Waals surface area contributed by atoms with Gasteiger partial charge >= 0.3 is 5.97 Å². The Bertz CT molecular complexity index is 1240. The van der Waals surface area contributed by atoms with Crippen LogP contribution in [0.15, 0.2) is 83.3 Å². The maximum absolute atomic E-state index is 11.7. The number of carboxylic acids is 1. The summed E-state index contributed by atoms with van der Waals surface area (Å²) in [4.78, 5) is 16.3. The average Bonchev–Trinajstić information content (AvgIpc) is 3.24. The molecule has 0 saturated heterocycles. The second-order valence-corrected chi connectivity index (χ2v) is 8.67. The van der Waals surface area contributed by atoms with E-state index in [-0.39, 0.29) is 0 Å². The number of oxazole rings is 1. The van der Waals surface area contributed by atoms with E-state index in [1.54, 1.807) is 12.1 Å². The monoisotopic (exact) mass is 490 g/mol. The van der Waals surface area contributed by atoms with Crippen molar-refractivity contribution in [3.05, 3.63) is 106 Å².